The molecular formula is C15H33O5P. The molecule has 0 fully saturated rings. The maximum atomic E-state index is 11.4. The van der Waals surface area contributed by atoms with Crippen molar-refractivity contribution < 1.29 is 23.6 Å². The third-order valence-corrected chi connectivity index (χ3v) is 4.35. The number of hydrogen-bond acceptors (Lipinski definition) is 4. The summed E-state index contributed by atoms with van der Waals surface area (Å²) in [4.78, 5) is 9.34. The molecule has 0 aromatic heterocycles. The van der Waals surface area contributed by atoms with Crippen molar-refractivity contribution >= 4 is 7.82 Å². The van der Waals surface area contributed by atoms with E-state index in [0.717, 1.165) is 32.1 Å². The van der Waals surface area contributed by atoms with E-state index in [2.05, 4.69) is 0 Å². The summed E-state index contributed by atoms with van der Waals surface area (Å²) in [5.41, 5.74) is 0. The van der Waals surface area contributed by atoms with E-state index >= 15 is 0 Å². The number of phosphoric ester groups is 1. The summed E-state index contributed by atoms with van der Waals surface area (Å²) in [6, 6.07) is 0. The van der Waals surface area contributed by atoms with E-state index in [0.29, 0.717) is 6.61 Å². The van der Waals surface area contributed by atoms with Gasteiger partial charge in [0.15, 0.2) is 0 Å². The van der Waals surface area contributed by atoms with Crippen molar-refractivity contribution in [2.24, 2.45) is 0 Å². The fourth-order valence-corrected chi connectivity index (χ4v) is 3.06. The molecule has 0 rings (SSSR count). The molecule has 0 aliphatic rings. The van der Waals surface area contributed by atoms with Crippen molar-refractivity contribution in [2.45, 2.75) is 84.2 Å². The van der Waals surface area contributed by atoms with Crippen molar-refractivity contribution in [3.63, 3.8) is 0 Å². The van der Waals surface area contributed by atoms with Crippen LogP contribution in [0.2, 0.25) is 0 Å². The zero-order valence-corrected chi connectivity index (χ0v) is 14.5. The second kappa shape index (κ2) is 13.7. The molecule has 0 bridgehead atoms. The molecule has 0 radical (unpaired) electrons. The molecule has 6 heteroatoms. The second-order valence-electron chi connectivity index (χ2n) is 5.72. The Morgan fingerprint density at radius 2 is 1.29 bits per heavy atom. The first-order valence-corrected chi connectivity index (χ1v) is 9.74. The van der Waals surface area contributed by atoms with E-state index in [1.165, 1.54) is 32.1 Å². The van der Waals surface area contributed by atoms with Gasteiger partial charge >= 0.3 is 7.82 Å². The first-order valence-electron chi connectivity index (χ1n) is 8.24. The Morgan fingerprint density at radius 1 is 0.857 bits per heavy atom. The third-order valence-electron chi connectivity index (χ3n) is 3.15. The van der Waals surface area contributed by atoms with Crippen molar-refractivity contribution in [2.75, 3.05) is 13.2 Å². The van der Waals surface area contributed by atoms with Crippen molar-refractivity contribution in [1.82, 2.24) is 0 Å². The van der Waals surface area contributed by atoms with Crippen LogP contribution < -0.4 is 0 Å². The molecule has 0 aromatic rings. The minimum atomic E-state index is -3.85. The molecule has 0 aliphatic heterocycles. The number of phosphoric acid groups is 1. The average molecular weight is 324 g/mol. The minimum absolute atomic E-state index is 0.279. The molecule has 1 unspecified atom stereocenters. The predicted octanol–water partition coefficient (Wildman–Crippen LogP) is 4.42. The zero-order chi connectivity index (χ0) is 16.0. The van der Waals surface area contributed by atoms with E-state index in [4.69, 9.17) is 14.2 Å². The molecule has 0 aromatic carbocycles. The molecule has 0 spiro atoms. The van der Waals surface area contributed by atoms with Crippen LogP contribution in [0.5, 0.6) is 0 Å². The van der Waals surface area contributed by atoms with E-state index in [-0.39, 0.29) is 12.7 Å². The molecule has 0 aliphatic carbocycles. The van der Waals surface area contributed by atoms with Gasteiger partial charge in [-0.3, -0.25) is 9.05 Å². The lowest BCUT2D eigenvalue weighted by Gasteiger charge is -2.14. The lowest BCUT2D eigenvalue weighted by molar-refractivity contribution is 0.119. The largest absolute Gasteiger partial charge is 0.472 e. The van der Waals surface area contributed by atoms with E-state index < -0.39 is 7.82 Å². The molecule has 0 amide bonds. The van der Waals surface area contributed by atoms with E-state index in [1.807, 2.05) is 0 Å². The highest BCUT2D eigenvalue weighted by atomic mass is 31.2. The summed E-state index contributed by atoms with van der Waals surface area (Å²) in [5, 5.41) is 8.65. The molecule has 0 saturated carbocycles. The topological polar surface area (TPSA) is 76.0 Å². The van der Waals surface area contributed by atoms with Crippen LogP contribution in [0.3, 0.4) is 0 Å². The van der Waals surface area contributed by atoms with Crippen molar-refractivity contribution in [3.05, 3.63) is 0 Å². The molecule has 21 heavy (non-hydrogen) atoms. The summed E-state index contributed by atoms with van der Waals surface area (Å²) >= 11 is 0. The van der Waals surface area contributed by atoms with Gasteiger partial charge in [0.25, 0.3) is 0 Å². The maximum Gasteiger partial charge on any atom is 0.472 e. The number of rotatable bonds is 15. The van der Waals surface area contributed by atoms with Crippen LogP contribution in [0.4, 0.5) is 0 Å². The van der Waals surface area contributed by atoms with Crippen LogP contribution in [-0.4, -0.2) is 29.3 Å². The van der Waals surface area contributed by atoms with E-state index in [9.17, 15) is 9.46 Å². The van der Waals surface area contributed by atoms with Gasteiger partial charge in [-0.1, -0.05) is 51.4 Å². The highest BCUT2D eigenvalue weighted by Crippen LogP contribution is 2.44. The number of aliphatic hydroxyl groups excluding tert-OH is 1. The molecule has 2 N–H and O–H groups in total. The SMILES string of the molecule is CC(C)OP(=O)(O)OCCCCCCCCCCCCO. The summed E-state index contributed by atoms with van der Waals surface area (Å²) in [5.74, 6) is 0. The lowest BCUT2D eigenvalue weighted by Crippen LogP contribution is -2.03. The molecule has 5 nitrogen and oxygen atoms in total. The van der Waals surface area contributed by atoms with E-state index in [1.54, 1.807) is 13.8 Å². The summed E-state index contributed by atoms with van der Waals surface area (Å²) < 4.78 is 21.1. The van der Waals surface area contributed by atoms with Crippen LogP contribution in [0.1, 0.15) is 78.1 Å². The first-order chi connectivity index (χ1) is 9.98. The monoisotopic (exact) mass is 324 g/mol. The van der Waals surface area contributed by atoms with Crippen molar-refractivity contribution in [3.8, 4) is 0 Å². The van der Waals surface area contributed by atoms with Gasteiger partial charge in [0, 0.05) is 6.61 Å². The average Bonchev–Trinajstić information content (AvgIpc) is 2.38. The molecule has 1 atom stereocenters. The quantitative estimate of drug-likeness (QED) is 0.344. The van der Waals surface area contributed by atoms with Gasteiger partial charge in [-0.25, -0.2) is 4.57 Å². The molecule has 128 valence electrons. The fraction of sp³-hybridized carbons (Fsp3) is 1.00. The van der Waals surface area contributed by atoms with Gasteiger partial charge in [0.05, 0.1) is 12.7 Å². The first kappa shape index (κ1) is 21.1. The highest BCUT2D eigenvalue weighted by Gasteiger charge is 2.21. The summed E-state index contributed by atoms with van der Waals surface area (Å²) in [7, 11) is -3.85. The fourth-order valence-electron chi connectivity index (χ4n) is 2.10. The van der Waals surface area contributed by atoms with Gasteiger partial charge in [-0.2, -0.15) is 0 Å². The van der Waals surface area contributed by atoms with Gasteiger partial charge in [-0.15, -0.1) is 0 Å². The molecule has 0 saturated heterocycles. The van der Waals surface area contributed by atoms with Crippen LogP contribution in [0.15, 0.2) is 0 Å². The molecule has 0 heterocycles. The van der Waals surface area contributed by atoms with Gasteiger partial charge in [-0.05, 0) is 26.7 Å². The van der Waals surface area contributed by atoms with Gasteiger partial charge in [0.2, 0.25) is 0 Å². The Morgan fingerprint density at radius 3 is 1.71 bits per heavy atom. The Balaban J connectivity index is 3.24. The Labute approximate surface area is 129 Å². The third kappa shape index (κ3) is 16.3. The minimum Gasteiger partial charge on any atom is -0.396 e. The number of aliphatic hydroxyl groups is 1. The normalized spacial score (nSPS) is 14.5. The number of hydrogen-bond donors (Lipinski definition) is 2. The standard InChI is InChI=1S/C15H33O5P/c1-15(2)20-21(17,18)19-14-12-10-8-6-4-3-5-7-9-11-13-16/h15-16H,3-14H2,1-2H3,(H,17,18). The highest BCUT2D eigenvalue weighted by molar-refractivity contribution is 7.47. The summed E-state index contributed by atoms with van der Waals surface area (Å²) in [6.07, 6.45) is 10.9. The van der Waals surface area contributed by atoms with Crippen LogP contribution in [0, 0.1) is 0 Å². The maximum absolute atomic E-state index is 11.4. The smallest absolute Gasteiger partial charge is 0.396 e. The Kier molecular flexibility index (Phi) is 13.8. The summed E-state index contributed by atoms with van der Waals surface area (Å²) in [6.45, 7) is 4.00. The molecular weight excluding hydrogens is 291 g/mol. The van der Waals surface area contributed by atoms with Crippen LogP contribution in [0.25, 0.3) is 0 Å². The Bertz CT molecular complexity index is 271. The van der Waals surface area contributed by atoms with Crippen molar-refractivity contribution in [1.29, 1.82) is 0 Å². The predicted molar refractivity (Wildman–Crippen MR) is 85.3 cm³/mol. The van der Waals surface area contributed by atoms with Gasteiger partial charge < -0.3 is 10.00 Å². The van der Waals surface area contributed by atoms with Crippen LogP contribution >= 0.6 is 7.82 Å². The zero-order valence-electron chi connectivity index (χ0n) is 13.6. The van der Waals surface area contributed by atoms with Gasteiger partial charge in [0.1, 0.15) is 0 Å². The Hall–Kier alpha value is 0.0700. The van der Waals surface area contributed by atoms with Crippen LogP contribution in [-0.2, 0) is 13.6 Å². The number of unbranched alkanes of at least 4 members (excludes halogenated alkanes) is 9. The second-order valence-corrected chi connectivity index (χ2v) is 7.12. The lowest BCUT2D eigenvalue weighted by atomic mass is 10.1.